The van der Waals surface area contributed by atoms with Crippen LogP contribution in [0.15, 0.2) is 34.7 Å². The van der Waals surface area contributed by atoms with E-state index in [-0.39, 0.29) is 29.7 Å². The van der Waals surface area contributed by atoms with Crippen LogP contribution in [-0.4, -0.2) is 67.4 Å². The summed E-state index contributed by atoms with van der Waals surface area (Å²) in [6.07, 6.45) is 0. The van der Waals surface area contributed by atoms with Gasteiger partial charge in [0.1, 0.15) is 17.1 Å². The summed E-state index contributed by atoms with van der Waals surface area (Å²) in [5, 5.41) is 7.39. The lowest BCUT2D eigenvalue weighted by Crippen LogP contribution is -2.48. The van der Waals surface area contributed by atoms with Gasteiger partial charge in [-0.05, 0) is 23.8 Å². The number of anilines is 1. The third-order valence-corrected chi connectivity index (χ3v) is 6.18. The molecule has 0 radical (unpaired) electrons. The molecule has 1 unspecified atom stereocenters. The SMILES string of the molecule is COc1ccc2c(c1F)C(=O)N(C)C2.O=C1CN(c2ccc3oc(C4NC(=O)NC4=O)cc3n2)CCN1. The van der Waals surface area contributed by atoms with Crippen LogP contribution in [0.3, 0.4) is 0 Å². The Morgan fingerprint density at radius 1 is 1.14 bits per heavy atom. The first-order valence-corrected chi connectivity index (χ1v) is 11.4. The highest BCUT2D eigenvalue weighted by atomic mass is 19.1. The molecular formula is C24H23FN6O6. The van der Waals surface area contributed by atoms with Crippen molar-refractivity contribution in [3.63, 3.8) is 0 Å². The number of hydrogen-bond donors (Lipinski definition) is 3. The molecule has 1 aromatic carbocycles. The molecule has 5 heterocycles. The van der Waals surface area contributed by atoms with Crippen molar-refractivity contribution in [3.05, 3.63) is 53.0 Å². The smallest absolute Gasteiger partial charge is 0.322 e. The Hall–Kier alpha value is -4.68. The van der Waals surface area contributed by atoms with Gasteiger partial charge < -0.3 is 29.6 Å². The number of halogens is 1. The number of piperazine rings is 1. The van der Waals surface area contributed by atoms with Crippen molar-refractivity contribution in [1.82, 2.24) is 25.8 Å². The van der Waals surface area contributed by atoms with Gasteiger partial charge in [-0.15, -0.1) is 0 Å². The molecule has 3 aliphatic rings. The molecular weight excluding hydrogens is 487 g/mol. The van der Waals surface area contributed by atoms with Crippen LogP contribution >= 0.6 is 0 Å². The number of carbonyl (C=O) groups is 4. The minimum atomic E-state index is -0.846. The predicted molar refractivity (Wildman–Crippen MR) is 127 cm³/mol. The molecule has 12 nitrogen and oxygen atoms in total. The maximum atomic E-state index is 13.6. The number of ether oxygens (including phenoxy) is 1. The fraction of sp³-hybridized carbons (Fsp3) is 0.292. The summed E-state index contributed by atoms with van der Waals surface area (Å²) in [5.41, 5.74) is 1.94. The van der Waals surface area contributed by atoms with Crippen molar-refractivity contribution in [2.75, 3.05) is 38.7 Å². The van der Waals surface area contributed by atoms with E-state index >= 15 is 0 Å². The Kier molecular flexibility index (Phi) is 6.11. The number of urea groups is 1. The molecule has 37 heavy (non-hydrogen) atoms. The van der Waals surface area contributed by atoms with E-state index < -0.39 is 23.8 Å². The number of amides is 5. The van der Waals surface area contributed by atoms with E-state index in [1.165, 1.54) is 12.0 Å². The van der Waals surface area contributed by atoms with Crippen molar-refractivity contribution in [3.8, 4) is 5.75 Å². The van der Waals surface area contributed by atoms with Gasteiger partial charge in [-0.3, -0.25) is 19.7 Å². The largest absolute Gasteiger partial charge is 0.494 e. The summed E-state index contributed by atoms with van der Waals surface area (Å²) in [4.78, 5) is 53.7. The summed E-state index contributed by atoms with van der Waals surface area (Å²) in [7, 11) is 3.03. The highest BCUT2D eigenvalue weighted by Crippen LogP contribution is 2.30. The number of carbonyl (C=O) groups excluding carboxylic acids is 4. The quantitative estimate of drug-likeness (QED) is 0.444. The third kappa shape index (κ3) is 4.50. The number of nitrogens with one attached hydrogen (secondary N) is 3. The van der Waals surface area contributed by atoms with E-state index in [1.54, 1.807) is 37.4 Å². The predicted octanol–water partition coefficient (Wildman–Crippen LogP) is 1.06. The Balaban J connectivity index is 0.000000171. The molecule has 192 valence electrons. The monoisotopic (exact) mass is 510 g/mol. The van der Waals surface area contributed by atoms with E-state index in [1.807, 2.05) is 4.90 Å². The molecule has 0 saturated carbocycles. The third-order valence-electron chi connectivity index (χ3n) is 6.18. The first-order chi connectivity index (χ1) is 17.7. The van der Waals surface area contributed by atoms with Crippen LogP contribution in [0.4, 0.5) is 15.0 Å². The van der Waals surface area contributed by atoms with Gasteiger partial charge in [-0.2, -0.15) is 0 Å². The lowest BCUT2D eigenvalue weighted by molar-refractivity contribution is -0.121. The van der Waals surface area contributed by atoms with Gasteiger partial charge in [0.05, 0.1) is 19.2 Å². The van der Waals surface area contributed by atoms with Gasteiger partial charge >= 0.3 is 6.03 Å². The number of rotatable bonds is 3. The molecule has 0 bridgehead atoms. The van der Waals surface area contributed by atoms with Crippen molar-refractivity contribution in [2.24, 2.45) is 0 Å². The van der Waals surface area contributed by atoms with Crippen LogP contribution in [0, 0.1) is 5.82 Å². The topological polar surface area (TPSA) is 146 Å². The van der Waals surface area contributed by atoms with Crippen molar-refractivity contribution < 1.29 is 32.7 Å². The Bertz CT molecular complexity index is 1440. The zero-order valence-corrected chi connectivity index (χ0v) is 20.0. The molecule has 13 heteroatoms. The van der Waals surface area contributed by atoms with Gasteiger partial charge in [0.2, 0.25) is 5.91 Å². The molecule has 2 aromatic heterocycles. The van der Waals surface area contributed by atoms with E-state index in [4.69, 9.17) is 9.15 Å². The maximum absolute atomic E-state index is 13.6. The zero-order chi connectivity index (χ0) is 26.3. The molecule has 3 aliphatic heterocycles. The summed E-state index contributed by atoms with van der Waals surface area (Å²) in [5.74, 6) is -0.231. The first-order valence-electron chi connectivity index (χ1n) is 11.4. The molecule has 0 spiro atoms. The number of fused-ring (bicyclic) bond motifs is 2. The molecule has 2 fully saturated rings. The minimum absolute atomic E-state index is 0.0450. The van der Waals surface area contributed by atoms with Crippen LogP contribution in [-0.2, 0) is 16.1 Å². The molecule has 5 amide bonds. The normalized spacial score (nSPS) is 18.7. The van der Waals surface area contributed by atoms with E-state index in [0.29, 0.717) is 42.3 Å². The molecule has 3 N–H and O–H groups in total. The van der Waals surface area contributed by atoms with Gasteiger partial charge in [0.15, 0.2) is 23.2 Å². The average molecular weight is 510 g/mol. The second-order valence-electron chi connectivity index (χ2n) is 8.65. The van der Waals surface area contributed by atoms with Gasteiger partial charge in [0, 0.05) is 32.7 Å². The maximum Gasteiger partial charge on any atom is 0.322 e. The molecule has 2 saturated heterocycles. The Morgan fingerprint density at radius 2 is 1.95 bits per heavy atom. The number of aromatic nitrogens is 1. The highest BCUT2D eigenvalue weighted by Gasteiger charge is 2.34. The number of pyridine rings is 1. The summed E-state index contributed by atoms with van der Waals surface area (Å²) in [6, 6.07) is 7.00. The standard InChI is InChI=1S/C14H13N5O4.C10H10FNO2/c20-11-6-19(4-3-15-11)10-2-1-8-7(16-10)5-9(23-8)12-13(21)18-14(22)17-12;1-12-5-6-3-4-7(14-2)9(11)8(6)10(12)13/h1-2,5,12H,3-4,6H2,(H,15,20)(H2,17,18,21,22);3-4H,5H2,1-2H3. The number of furan rings is 1. The zero-order valence-electron chi connectivity index (χ0n) is 20.0. The Morgan fingerprint density at radius 3 is 2.65 bits per heavy atom. The average Bonchev–Trinajstić information content (AvgIpc) is 3.53. The Labute approximate surface area is 209 Å². The van der Waals surface area contributed by atoms with Crippen molar-refractivity contribution in [2.45, 2.75) is 12.6 Å². The second kappa shape index (κ2) is 9.41. The van der Waals surface area contributed by atoms with Crippen molar-refractivity contribution in [1.29, 1.82) is 0 Å². The number of nitrogens with zero attached hydrogens (tertiary/aromatic N) is 3. The summed E-state index contributed by atoms with van der Waals surface area (Å²) in [6.45, 7) is 1.97. The van der Waals surface area contributed by atoms with Gasteiger partial charge in [0.25, 0.3) is 11.8 Å². The van der Waals surface area contributed by atoms with E-state index in [9.17, 15) is 23.6 Å². The second-order valence-corrected chi connectivity index (χ2v) is 8.65. The van der Waals surface area contributed by atoms with E-state index in [2.05, 4.69) is 20.9 Å². The van der Waals surface area contributed by atoms with Crippen LogP contribution in [0.2, 0.25) is 0 Å². The van der Waals surface area contributed by atoms with Gasteiger partial charge in [-0.1, -0.05) is 6.07 Å². The summed E-state index contributed by atoms with van der Waals surface area (Å²) < 4.78 is 24.0. The lowest BCUT2D eigenvalue weighted by Gasteiger charge is -2.27. The fourth-order valence-corrected chi connectivity index (χ4v) is 4.34. The number of benzene rings is 1. The fourth-order valence-electron chi connectivity index (χ4n) is 4.34. The highest BCUT2D eigenvalue weighted by molar-refractivity contribution is 6.04. The van der Waals surface area contributed by atoms with Crippen molar-refractivity contribution >= 4 is 40.7 Å². The van der Waals surface area contributed by atoms with Crippen LogP contribution in [0.1, 0.15) is 27.7 Å². The molecule has 3 aromatic rings. The number of imide groups is 1. The van der Waals surface area contributed by atoms with Gasteiger partial charge in [-0.25, -0.2) is 14.2 Å². The number of methoxy groups -OCH3 is 1. The minimum Gasteiger partial charge on any atom is -0.494 e. The molecule has 6 rings (SSSR count). The molecule has 0 aliphatic carbocycles. The number of hydrogen-bond acceptors (Lipinski definition) is 8. The first kappa shape index (κ1) is 24.0. The molecule has 1 atom stereocenters. The van der Waals surface area contributed by atoms with Crippen LogP contribution in [0.5, 0.6) is 5.75 Å². The lowest BCUT2D eigenvalue weighted by atomic mass is 10.1. The van der Waals surface area contributed by atoms with E-state index in [0.717, 1.165) is 5.56 Å². The summed E-state index contributed by atoms with van der Waals surface area (Å²) >= 11 is 0. The van der Waals surface area contributed by atoms with Crippen LogP contribution < -0.4 is 25.6 Å². The van der Waals surface area contributed by atoms with Crippen LogP contribution in [0.25, 0.3) is 11.1 Å².